The molecule has 1 aliphatic rings. The molecule has 2 aromatic heterocycles. The molecule has 1 aliphatic heterocycles. The number of hydrogen-bond donors (Lipinski definition) is 2. The molecular formula is C22H27N5O4. The van der Waals surface area contributed by atoms with Crippen LogP contribution in [0.1, 0.15) is 27.2 Å². The van der Waals surface area contributed by atoms with E-state index in [1.54, 1.807) is 20.8 Å². The van der Waals surface area contributed by atoms with Crippen LogP contribution in [0.25, 0.3) is 22.2 Å². The highest BCUT2D eigenvalue weighted by Crippen LogP contribution is 2.33. The summed E-state index contributed by atoms with van der Waals surface area (Å²) >= 11 is 0. The number of aliphatic hydroxyl groups excluding tert-OH is 1. The lowest BCUT2D eigenvalue weighted by Crippen LogP contribution is -2.37. The van der Waals surface area contributed by atoms with Crippen LogP contribution >= 0.6 is 0 Å². The molecule has 4 rings (SSSR count). The second-order valence-corrected chi connectivity index (χ2v) is 8.72. The van der Waals surface area contributed by atoms with Crippen LogP contribution in [0.3, 0.4) is 0 Å². The number of anilines is 1. The maximum absolute atomic E-state index is 12.2. The van der Waals surface area contributed by atoms with Crippen molar-refractivity contribution in [3.63, 3.8) is 0 Å². The predicted octanol–water partition coefficient (Wildman–Crippen LogP) is 2.98. The number of nitrogens with two attached hydrogens (primary N) is 1. The van der Waals surface area contributed by atoms with Crippen LogP contribution in [0, 0.1) is 0 Å². The van der Waals surface area contributed by atoms with Gasteiger partial charge in [0.2, 0.25) is 0 Å². The van der Waals surface area contributed by atoms with E-state index in [9.17, 15) is 9.90 Å². The second kappa shape index (κ2) is 8.16. The topological polar surface area (TPSA) is 116 Å². The fraction of sp³-hybridized carbons (Fsp3) is 0.409. The zero-order chi connectivity index (χ0) is 22.2. The number of aliphatic hydroxyl groups is 1. The Balaban J connectivity index is 1.63. The van der Waals surface area contributed by atoms with Crippen LogP contribution in [0.5, 0.6) is 0 Å². The summed E-state index contributed by atoms with van der Waals surface area (Å²) < 4.78 is 7.22. The Morgan fingerprint density at radius 2 is 2.00 bits per heavy atom. The van der Waals surface area contributed by atoms with Crippen molar-refractivity contribution in [3.05, 3.63) is 42.9 Å². The molecule has 1 saturated heterocycles. The van der Waals surface area contributed by atoms with Crippen LogP contribution in [0.15, 0.2) is 42.9 Å². The molecule has 1 fully saturated rings. The van der Waals surface area contributed by atoms with Gasteiger partial charge in [0.25, 0.3) is 0 Å². The van der Waals surface area contributed by atoms with Crippen molar-refractivity contribution in [2.75, 3.05) is 12.3 Å². The SMILES string of the molecule is CC(C)(C)OC(=O)ON1C[C@H](O)C[C@H]1Cn1cc(-c2ccccc2)c2c(N)ncnc21. The molecule has 0 radical (unpaired) electrons. The summed E-state index contributed by atoms with van der Waals surface area (Å²) in [5, 5.41) is 12.5. The van der Waals surface area contributed by atoms with Gasteiger partial charge in [-0.15, -0.1) is 5.06 Å². The Labute approximate surface area is 180 Å². The van der Waals surface area contributed by atoms with E-state index in [0.717, 1.165) is 16.5 Å². The highest BCUT2D eigenvalue weighted by atomic mass is 16.8. The zero-order valence-electron chi connectivity index (χ0n) is 17.9. The quantitative estimate of drug-likeness (QED) is 0.613. The molecule has 3 N–H and O–H groups in total. The minimum Gasteiger partial charge on any atom is -0.427 e. The first-order valence-corrected chi connectivity index (χ1v) is 10.2. The summed E-state index contributed by atoms with van der Waals surface area (Å²) in [6.07, 6.45) is 2.45. The molecule has 1 aromatic carbocycles. The number of fused-ring (bicyclic) bond motifs is 1. The fourth-order valence-electron chi connectivity index (χ4n) is 3.85. The summed E-state index contributed by atoms with van der Waals surface area (Å²) in [5.74, 6) is 0.399. The number of carbonyl (C=O) groups is 1. The fourth-order valence-corrected chi connectivity index (χ4v) is 3.85. The molecular weight excluding hydrogens is 398 g/mol. The van der Waals surface area contributed by atoms with Gasteiger partial charge in [-0.25, -0.2) is 14.8 Å². The van der Waals surface area contributed by atoms with E-state index in [2.05, 4.69) is 9.97 Å². The maximum atomic E-state index is 12.2. The predicted molar refractivity (Wildman–Crippen MR) is 116 cm³/mol. The molecule has 9 nitrogen and oxygen atoms in total. The standard InChI is InChI=1S/C22H27N5O4/c1-22(2,3)30-21(29)31-27-11-16(28)9-15(27)10-26-12-17(14-7-5-4-6-8-14)18-19(23)24-13-25-20(18)26/h4-8,12-13,15-16,28H,9-11H2,1-3H3,(H2,23,24,25)/t15-,16+/m0/s1. The number of aromatic nitrogens is 3. The van der Waals surface area contributed by atoms with E-state index < -0.39 is 17.9 Å². The van der Waals surface area contributed by atoms with Gasteiger partial charge < -0.3 is 25.0 Å². The van der Waals surface area contributed by atoms with Crippen molar-refractivity contribution in [2.45, 2.75) is 51.5 Å². The van der Waals surface area contributed by atoms with Crippen LogP contribution in [0.2, 0.25) is 0 Å². The molecule has 0 bridgehead atoms. The molecule has 31 heavy (non-hydrogen) atoms. The number of hydrogen-bond acceptors (Lipinski definition) is 8. The molecule has 0 saturated carbocycles. The number of ether oxygens (including phenoxy) is 1. The highest BCUT2D eigenvalue weighted by molar-refractivity contribution is 6.00. The van der Waals surface area contributed by atoms with Crippen molar-refractivity contribution in [2.24, 2.45) is 0 Å². The molecule has 3 heterocycles. The van der Waals surface area contributed by atoms with E-state index in [0.29, 0.717) is 24.4 Å². The number of carbonyl (C=O) groups excluding carboxylic acids is 1. The third-order valence-electron chi connectivity index (χ3n) is 5.10. The summed E-state index contributed by atoms with van der Waals surface area (Å²) in [4.78, 5) is 26.2. The number of hydroxylamine groups is 2. The number of β-amino-alcohol motifs (C(OH)–C–C–N with tert-alkyl or cyclic N) is 1. The summed E-state index contributed by atoms with van der Waals surface area (Å²) in [7, 11) is 0. The summed E-state index contributed by atoms with van der Waals surface area (Å²) in [5.41, 5.74) is 8.13. The third-order valence-corrected chi connectivity index (χ3v) is 5.10. The van der Waals surface area contributed by atoms with Crippen LogP contribution < -0.4 is 5.73 Å². The van der Waals surface area contributed by atoms with Gasteiger partial charge in [-0.2, -0.15) is 0 Å². The molecule has 164 valence electrons. The van der Waals surface area contributed by atoms with Crippen LogP contribution in [0.4, 0.5) is 10.6 Å². The number of benzene rings is 1. The lowest BCUT2D eigenvalue weighted by Gasteiger charge is -2.25. The molecule has 3 aromatic rings. The normalized spacial score (nSPS) is 19.6. The molecule has 0 amide bonds. The average molecular weight is 425 g/mol. The van der Waals surface area contributed by atoms with Gasteiger partial charge in [0.1, 0.15) is 23.4 Å². The number of rotatable bonds is 4. The smallest absolute Gasteiger partial charge is 0.427 e. The lowest BCUT2D eigenvalue weighted by molar-refractivity contribution is -0.155. The highest BCUT2D eigenvalue weighted by Gasteiger charge is 2.36. The summed E-state index contributed by atoms with van der Waals surface area (Å²) in [6.45, 7) is 5.97. The van der Waals surface area contributed by atoms with Gasteiger partial charge in [-0.05, 0) is 32.8 Å². The van der Waals surface area contributed by atoms with Gasteiger partial charge in [0.15, 0.2) is 0 Å². The van der Waals surface area contributed by atoms with Crippen molar-refractivity contribution in [1.29, 1.82) is 0 Å². The van der Waals surface area contributed by atoms with Crippen LogP contribution in [-0.4, -0.2) is 55.2 Å². The average Bonchev–Trinajstić information content (AvgIpc) is 3.22. The van der Waals surface area contributed by atoms with E-state index in [1.807, 2.05) is 41.1 Å². The van der Waals surface area contributed by atoms with Gasteiger partial charge in [-0.1, -0.05) is 30.3 Å². The van der Waals surface area contributed by atoms with Gasteiger partial charge in [0.05, 0.1) is 24.1 Å². The number of nitrogen functional groups attached to an aromatic ring is 1. The van der Waals surface area contributed by atoms with Crippen LogP contribution in [-0.2, 0) is 16.1 Å². The molecule has 9 heteroatoms. The first-order valence-electron chi connectivity index (χ1n) is 10.2. The van der Waals surface area contributed by atoms with E-state index in [4.69, 9.17) is 15.3 Å². The Morgan fingerprint density at radius 3 is 2.71 bits per heavy atom. The zero-order valence-corrected chi connectivity index (χ0v) is 17.9. The Hall–Kier alpha value is -3.17. The minimum absolute atomic E-state index is 0.214. The maximum Gasteiger partial charge on any atom is 0.528 e. The lowest BCUT2D eigenvalue weighted by atomic mass is 10.1. The monoisotopic (exact) mass is 425 g/mol. The Kier molecular flexibility index (Phi) is 5.55. The Morgan fingerprint density at radius 1 is 1.26 bits per heavy atom. The third kappa shape index (κ3) is 4.62. The number of nitrogens with zero attached hydrogens (tertiary/aromatic N) is 4. The van der Waals surface area contributed by atoms with Crippen molar-refractivity contribution in [3.8, 4) is 11.1 Å². The first kappa shape index (κ1) is 21.1. The van der Waals surface area contributed by atoms with Crippen molar-refractivity contribution < 1.29 is 19.5 Å². The molecule has 2 atom stereocenters. The Bertz CT molecular complexity index is 1080. The van der Waals surface area contributed by atoms with Gasteiger partial charge in [0, 0.05) is 18.3 Å². The minimum atomic E-state index is -0.791. The van der Waals surface area contributed by atoms with Crippen molar-refractivity contribution in [1.82, 2.24) is 19.6 Å². The molecule has 0 aliphatic carbocycles. The summed E-state index contributed by atoms with van der Waals surface area (Å²) in [6, 6.07) is 9.63. The van der Waals surface area contributed by atoms with Gasteiger partial charge in [-0.3, -0.25) is 0 Å². The van der Waals surface area contributed by atoms with E-state index in [1.165, 1.54) is 11.4 Å². The van der Waals surface area contributed by atoms with Gasteiger partial charge >= 0.3 is 6.16 Å². The van der Waals surface area contributed by atoms with E-state index >= 15 is 0 Å². The first-order chi connectivity index (χ1) is 14.7. The second-order valence-electron chi connectivity index (χ2n) is 8.72. The molecule has 0 spiro atoms. The van der Waals surface area contributed by atoms with E-state index in [-0.39, 0.29) is 12.6 Å². The largest absolute Gasteiger partial charge is 0.528 e. The molecule has 0 unspecified atom stereocenters. The van der Waals surface area contributed by atoms with Crippen molar-refractivity contribution >= 4 is 23.0 Å².